The smallest absolute Gasteiger partial charge is 0.184 e. The minimum atomic E-state index is -0.0853. The highest BCUT2D eigenvalue weighted by Gasteiger charge is 2.37. The second kappa shape index (κ2) is 8.05. The van der Waals surface area contributed by atoms with E-state index >= 15 is 0 Å². The Bertz CT molecular complexity index is 917. The Balaban J connectivity index is 1.73. The van der Waals surface area contributed by atoms with Crippen LogP contribution >= 0.6 is 0 Å². The van der Waals surface area contributed by atoms with Crippen LogP contribution in [0.1, 0.15) is 46.9 Å². The van der Waals surface area contributed by atoms with Crippen molar-refractivity contribution in [1.29, 1.82) is 0 Å². The molecule has 29 heavy (non-hydrogen) atoms. The van der Waals surface area contributed by atoms with Gasteiger partial charge in [-0.1, -0.05) is 13.0 Å². The molecule has 0 N–H and O–H groups in total. The molecule has 154 valence electrons. The maximum absolute atomic E-state index is 13.3. The van der Waals surface area contributed by atoms with Crippen molar-refractivity contribution in [2.75, 3.05) is 32.2 Å². The molecule has 1 aliphatic heterocycles. The highest BCUT2D eigenvalue weighted by Crippen LogP contribution is 2.47. The molecule has 1 aromatic carbocycles. The van der Waals surface area contributed by atoms with E-state index in [2.05, 4.69) is 29.8 Å². The summed E-state index contributed by atoms with van der Waals surface area (Å²) < 4.78 is 11.4. The zero-order valence-corrected chi connectivity index (χ0v) is 17.8. The average Bonchev–Trinajstić information content (AvgIpc) is 3.04. The van der Waals surface area contributed by atoms with E-state index < -0.39 is 0 Å². The van der Waals surface area contributed by atoms with E-state index in [0.717, 1.165) is 72.1 Å². The lowest BCUT2D eigenvalue weighted by Crippen LogP contribution is -2.34. The van der Waals surface area contributed by atoms with E-state index in [1.165, 1.54) is 0 Å². The first-order valence-corrected chi connectivity index (χ1v) is 10.5. The molecule has 1 aromatic heterocycles. The van der Waals surface area contributed by atoms with Gasteiger partial charge in [0.15, 0.2) is 17.3 Å². The Morgan fingerprint density at radius 1 is 1.21 bits per heavy atom. The molecule has 1 atom stereocenters. The van der Waals surface area contributed by atoms with E-state index in [9.17, 15) is 4.79 Å². The van der Waals surface area contributed by atoms with Crippen LogP contribution in [0.25, 0.3) is 0 Å². The second-order valence-corrected chi connectivity index (χ2v) is 8.39. The molecule has 0 amide bonds. The van der Waals surface area contributed by atoms with Crippen molar-refractivity contribution in [1.82, 2.24) is 4.98 Å². The van der Waals surface area contributed by atoms with Crippen molar-refractivity contribution in [2.24, 2.45) is 11.8 Å². The standard InChI is InChI=1S/C24H30N2O3/c1-15-7-10-26(11-8-15)22-18-12-17(13-20-16(2)6-5-9-25-20)23(27)19(18)14-21(28-3)24(22)29-4/h5-6,9,14-15,17H,7-8,10-13H2,1-4H3. The molecule has 1 aliphatic carbocycles. The number of nitrogens with zero attached hydrogens (tertiary/aromatic N) is 2. The summed E-state index contributed by atoms with van der Waals surface area (Å²) >= 11 is 0. The molecule has 2 aliphatic rings. The van der Waals surface area contributed by atoms with Gasteiger partial charge in [-0.25, -0.2) is 0 Å². The summed E-state index contributed by atoms with van der Waals surface area (Å²) in [4.78, 5) is 20.2. The number of methoxy groups -OCH3 is 2. The fraction of sp³-hybridized carbons (Fsp3) is 0.500. The van der Waals surface area contributed by atoms with Gasteiger partial charge in [-0.2, -0.15) is 0 Å². The lowest BCUT2D eigenvalue weighted by atomic mass is 9.96. The third-order valence-corrected chi connectivity index (χ3v) is 6.49. The molecule has 1 saturated heterocycles. The van der Waals surface area contributed by atoms with Crippen LogP contribution in [0.3, 0.4) is 0 Å². The zero-order valence-electron chi connectivity index (χ0n) is 17.8. The van der Waals surface area contributed by atoms with Crippen LogP contribution < -0.4 is 14.4 Å². The topological polar surface area (TPSA) is 51.7 Å². The van der Waals surface area contributed by atoms with E-state index in [0.29, 0.717) is 12.2 Å². The Morgan fingerprint density at radius 3 is 2.62 bits per heavy atom. The SMILES string of the molecule is COc1cc2c(c(N3CCC(C)CC3)c1OC)CC(Cc1ncccc1C)C2=O. The zero-order chi connectivity index (χ0) is 20.5. The molecule has 0 bridgehead atoms. The molecule has 1 fully saturated rings. The van der Waals surface area contributed by atoms with Crippen molar-refractivity contribution >= 4 is 11.5 Å². The number of benzene rings is 1. The van der Waals surface area contributed by atoms with Gasteiger partial charge in [0.1, 0.15) is 0 Å². The van der Waals surface area contributed by atoms with Crippen LogP contribution in [0.15, 0.2) is 24.4 Å². The number of piperidine rings is 1. The monoisotopic (exact) mass is 394 g/mol. The van der Waals surface area contributed by atoms with E-state index in [4.69, 9.17) is 9.47 Å². The van der Waals surface area contributed by atoms with Gasteiger partial charge in [0.25, 0.3) is 0 Å². The number of aromatic nitrogens is 1. The normalized spacial score (nSPS) is 19.4. The first kappa shape index (κ1) is 19.7. The fourth-order valence-corrected chi connectivity index (χ4v) is 4.70. The number of ether oxygens (including phenoxy) is 2. The van der Waals surface area contributed by atoms with Gasteiger partial charge >= 0.3 is 0 Å². The maximum Gasteiger partial charge on any atom is 0.184 e. The van der Waals surface area contributed by atoms with Crippen LogP contribution in [0.2, 0.25) is 0 Å². The summed E-state index contributed by atoms with van der Waals surface area (Å²) in [7, 11) is 3.33. The molecule has 5 nitrogen and oxygen atoms in total. The molecule has 4 rings (SSSR count). The number of carbonyl (C=O) groups is 1. The molecule has 2 aromatic rings. The number of aryl methyl sites for hydroxylation is 1. The Morgan fingerprint density at radius 2 is 1.97 bits per heavy atom. The van der Waals surface area contributed by atoms with Crippen LogP contribution in [-0.4, -0.2) is 38.1 Å². The summed E-state index contributed by atoms with van der Waals surface area (Å²) in [5.74, 6) is 2.24. The van der Waals surface area contributed by atoms with Gasteiger partial charge in [-0.05, 0) is 55.4 Å². The van der Waals surface area contributed by atoms with Crippen molar-refractivity contribution < 1.29 is 14.3 Å². The molecular formula is C24H30N2O3. The number of hydrogen-bond donors (Lipinski definition) is 0. The average molecular weight is 395 g/mol. The number of carbonyl (C=O) groups excluding carboxylic acids is 1. The second-order valence-electron chi connectivity index (χ2n) is 8.39. The quantitative estimate of drug-likeness (QED) is 0.759. The molecule has 0 saturated carbocycles. The summed E-state index contributed by atoms with van der Waals surface area (Å²) in [6, 6.07) is 5.87. The highest BCUT2D eigenvalue weighted by atomic mass is 16.5. The molecular weight excluding hydrogens is 364 g/mol. The minimum Gasteiger partial charge on any atom is -0.493 e. The number of hydrogen-bond acceptors (Lipinski definition) is 5. The summed E-state index contributed by atoms with van der Waals surface area (Å²) in [6.07, 6.45) is 5.51. The van der Waals surface area contributed by atoms with Gasteiger partial charge in [0, 0.05) is 42.9 Å². The molecule has 0 radical (unpaired) electrons. The maximum atomic E-state index is 13.3. The highest BCUT2D eigenvalue weighted by molar-refractivity contribution is 6.05. The number of pyridine rings is 1. The molecule has 0 spiro atoms. The van der Waals surface area contributed by atoms with Crippen molar-refractivity contribution in [3.63, 3.8) is 0 Å². The lowest BCUT2D eigenvalue weighted by Gasteiger charge is -2.34. The number of rotatable bonds is 5. The van der Waals surface area contributed by atoms with E-state index in [1.807, 2.05) is 12.1 Å². The Labute approximate surface area is 173 Å². The predicted octanol–water partition coefficient (Wildman–Crippen LogP) is 4.24. The van der Waals surface area contributed by atoms with Crippen molar-refractivity contribution in [3.05, 3.63) is 46.8 Å². The van der Waals surface area contributed by atoms with Gasteiger partial charge in [-0.3, -0.25) is 9.78 Å². The summed E-state index contributed by atoms with van der Waals surface area (Å²) in [6.45, 7) is 6.32. The Kier molecular flexibility index (Phi) is 5.48. The fourth-order valence-electron chi connectivity index (χ4n) is 4.70. The van der Waals surface area contributed by atoms with Crippen molar-refractivity contribution in [3.8, 4) is 11.5 Å². The first-order valence-electron chi connectivity index (χ1n) is 10.5. The molecule has 2 heterocycles. The number of Topliss-reactive ketones (excluding diaryl/α,β-unsaturated/α-hetero) is 1. The van der Waals surface area contributed by atoms with Gasteiger partial charge < -0.3 is 14.4 Å². The van der Waals surface area contributed by atoms with Crippen LogP contribution in [0, 0.1) is 18.8 Å². The minimum absolute atomic E-state index is 0.0853. The van der Waals surface area contributed by atoms with Gasteiger partial charge in [-0.15, -0.1) is 0 Å². The Hall–Kier alpha value is -2.56. The van der Waals surface area contributed by atoms with Gasteiger partial charge in [0.05, 0.1) is 19.9 Å². The van der Waals surface area contributed by atoms with Crippen LogP contribution in [-0.2, 0) is 12.8 Å². The number of ketones is 1. The lowest BCUT2D eigenvalue weighted by molar-refractivity contribution is 0.0935. The van der Waals surface area contributed by atoms with Crippen LogP contribution in [0.5, 0.6) is 11.5 Å². The van der Waals surface area contributed by atoms with E-state index in [1.54, 1.807) is 20.4 Å². The predicted molar refractivity (Wildman–Crippen MR) is 114 cm³/mol. The van der Waals surface area contributed by atoms with Gasteiger partial charge in [0.2, 0.25) is 0 Å². The number of fused-ring (bicyclic) bond motifs is 1. The first-order chi connectivity index (χ1) is 14.0. The number of anilines is 1. The largest absolute Gasteiger partial charge is 0.493 e. The van der Waals surface area contributed by atoms with Crippen molar-refractivity contribution in [2.45, 2.75) is 39.5 Å². The third-order valence-electron chi connectivity index (χ3n) is 6.49. The molecule has 1 unspecified atom stereocenters. The van der Waals surface area contributed by atoms with Crippen LogP contribution in [0.4, 0.5) is 5.69 Å². The third kappa shape index (κ3) is 3.59. The summed E-state index contributed by atoms with van der Waals surface area (Å²) in [5, 5.41) is 0. The summed E-state index contributed by atoms with van der Waals surface area (Å²) in [5.41, 5.74) is 5.10. The molecule has 5 heteroatoms. The van der Waals surface area contributed by atoms with E-state index in [-0.39, 0.29) is 11.7 Å².